The van der Waals surface area contributed by atoms with Crippen molar-refractivity contribution < 1.29 is 9.53 Å². The molecule has 5 heteroatoms. The first kappa shape index (κ1) is 16.1. The Balaban J connectivity index is 1.90. The zero-order valence-corrected chi connectivity index (χ0v) is 13.9. The van der Waals surface area contributed by atoms with Crippen molar-refractivity contribution in [1.29, 1.82) is 0 Å². The van der Waals surface area contributed by atoms with Gasteiger partial charge in [-0.05, 0) is 36.4 Å². The lowest BCUT2D eigenvalue weighted by Gasteiger charge is -2.19. The minimum absolute atomic E-state index is 0.101. The van der Waals surface area contributed by atoms with E-state index >= 15 is 0 Å². The van der Waals surface area contributed by atoms with E-state index in [1.54, 1.807) is 7.11 Å². The number of amides is 1. The summed E-state index contributed by atoms with van der Waals surface area (Å²) in [5.41, 5.74) is 2.76. The van der Waals surface area contributed by atoms with E-state index in [0.29, 0.717) is 18.7 Å². The number of ether oxygens (including phenoxy) is 1. The number of carbonyl (C=O) groups excluding carboxylic acids is 1. The summed E-state index contributed by atoms with van der Waals surface area (Å²) in [6.45, 7) is 0.995. The molecule has 0 saturated carbocycles. The lowest BCUT2D eigenvalue weighted by Crippen LogP contribution is -2.27. The van der Waals surface area contributed by atoms with Crippen LogP contribution in [-0.2, 0) is 4.74 Å². The average molecular weight is 323 g/mol. The molecule has 124 valence electrons. The van der Waals surface area contributed by atoms with Gasteiger partial charge in [-0.25, -0.2) is 0 Å². The number of rotatable bonds is 6. The van der Waals surface area contributed by atoms with Crippen LogP contribution in [0, 0.1) is 0 Å². The summed E-state index contributed by atoms with van der Waals surface area (Å²) in [6.07, 6.45) is 1.87. The molecule has 1 N–H and O–H groups in total. The number of methoxy groups -OCH3 is 1. The highest BCUT2D eigenvalue weighted by atomic mass is 16.5. The molecule has 3 aromatic rings. The van der Waals surface area contributed by atoms with Crippen LogP contribution in [0.2, 0.25) is 0 Å². The van der Waals surface area contributed by atoms with Crippen LogP contribution >= 0.6 is 0 Å². The van der Waals surface area contributed by atoms with E-state index in [1.807, 2.05) is 54.0 Å². The van der Waals surface area contributed by atoms with Crippen molar-refractivity contribution in [3.05, 3.63) is 66.4 Å². The Labute approximate surface area is 141 Å². The maximum absolute atomic E-state index is 12.2. The summed E-state index contributed by atoms with van der Waals surface area (Å²) >= 11 is 0. The van der Waals surface area contributed by atoms with Crippen LogP contribution in [0.4, 0.5) is 11.5 Å². The van der Waals surface area contributed by atoms with Gasteiger partial charge in [0.25, 0.3) is 5.91 Å². The number of nitrogens with one attached hydrogen (secondary N) is 1. The highest BCUT2D eigenvalue weighted by Gasteiger charge is 2.11. The third-order valence-corrected chi connectivity index (χ3v) is 3.97. The van der Waals surface area contributed by atoms with Gasteiger partial charge in [-0.15, -0.1) is 0 Å². The minimum Gasteiger partial charge on any atom is -0.383 e. The highest BCUT2D eigenvalue weighted by Crippen LogP contribution is 2.26. The van der Waals surface area contributed by atoms with Gasteiger partial charge < -0.3 is 19.4 Å². The molecule has 2 aromatic heterocycles. The van der Waals surface area contributed by atoms with E-state index in [0.717, 1.165) is 17.0 Å². The average Bonchev–Trinajstić information content (AvgIpc) is 3.05. The molecule has 1 aromatic carbocycles. The Morgan fingerprint density at radius 2 is 1.88 bits per heavy atom. The number of carbonyl (C=O) groups is 1. The Bertz CT molecular complexity index is 827. The van der Waals surface area contributed by atoms with Crippen molar-refractivity contribution in [2.75, 3.05) is 32.2 Å². The van der Waals surface area contributed by atoms with E-state index in [2.05, 4.69) is 28.4 Å². The third kappa shape index (κ3) is 3.26. The van der Waals surface area contributed by atoms with Gasteiger partial charge in [-0.1, -0.05) is 18.2 Å². The molecule has 24 heavy (non-hydrogen) atoms. The topological polar surface area (TPSA) is 46.0 Å². The highest BCUT2D eigenvalue weighted by molar-refractivity contribution is 5.94. The fourth-order valence-electron chi connectivity index (χ4n) is 2.65. The molecule has 0 aliphatic carbocycles. The minimum atomic E-state index is -0.101. The first-order valence-corrected chi connectivity index (χ1v) is 7.88. The van der Waals surface area contributed by atoms with E-state index in [-0.39, 0.29) is 5.91 Å². The first-order chi connectivity index (χ1) is 11.7. The van der Waals surface area contributed by atoms with Gasteiger partial charge in [0.05, 0.1) is 12.2 Å². The summed E-state index contributed by atoms with van der Waals surface area (Å²) in [6, 6.07) is 18.0. The summed E-state index contributed by atoms with van der Waals surface area (Å²) in [5.74, 6) is 0.902. The predicted octanol–water partition coefficient (Wildman–Crippen LogP) is 3.08. The monoisotopic (exact) mass is 323 g/mol. The largest absolute Gasteiger partial charge is 0.383 e. The second-order valence-electron chi connectivity index (χ2n) is 5.55. The molecule has 0 aliphatic rings. The van der Waals surface area contributed by atoms with Crippen molar-refractivity contribution in [3.63, 3.8) is 0 Å². The number of anilines is 2. The molecule has 0 spiro atoms. The Hall–Kier alpha value is -2.79. The SMILES string of the molecule is COCCNC(=O)c1ccc2ccc(N(C)c3ccccc3)n2c1. The second kappa shape index (κ2) is 7.19. The Kier molecular flexibility index (Phi) is 4.82. The van der Waals surface area contributed by atoms with Gasteiger partial charge in [0.1, 0.15) is 5.82 Å². The summed E-state index contributed by atoms with van der Waals surface area (Å²) < 4.78 is 6.98. The number of pyridine rings is 1. The molecule has 0 fully saturated rings. The van der Waals surface area contributed by atoms with Crippen LogP contribution < -0.4 is 10.2 Å². The summed E-state index contributed by atoms with van der Waals surface area (Å²) in [5, 5.41) is 2.85. The van der Waals surface area contributed by atoms with Crippen LogP contribution in [-0.4, -0.2) is 37.6 Å². The van der Waals surface area contributed by atoms with Crippen LogP contribution in [0.1, 0.15) is 10.4 Å². The molecule has 5 nitrogen and oxygen atoms in total. The van der Waals surface area contributed by atoms with Gasteiger partial charge in [0.15, 0.2) is 0 Å². The van der Waals surface area contributed by atoms with E-state index in [4.69, 9.17) is 4.74 Å². The van der Waals surface area contributed by atoms with Gasteiger partial charge in [0, 0.05) is 38.1 Å². The first-order valence-electron chi connectivity index (χ1n) is 7.88. The van der Waals surface area contributed by atoms with Crippen molar-refractivity contribution in [3.8, 4) is 0 Å². The number of nitrogens with zero attached hydrogens (tertiary/aromatic N) is 2. The van der Waals surface area contributed by atoms with Crippen LogP contribution in [0.3, 0.4) is 0 Å². The lowest BCUT2D eigenvalue weighted by atomic mass is 10.2. The fraction of sp³-hybridized carbons (Fsp3) is 0.211. The molecular formula is C19H21N3O2. The molecule has 0 saturated heterocycles. The molecule has 3 rings (SSSR count). The molecular weight excluding hydrogens is 302 g/mol. The van der Waals surface area contributed by atoms with E-state index < -0.39 is 0 Å². The number of benzene rings is 1. The second-order valence-corrected chi connectivity index (χ2v) is 5.55. The van der Waals surface area contributed by atoms with E-state index in [9.17, 15) is 4.79 Å². The smallest absolute Gasteiger partial charge is 0.252 e. The number of fused-ring (bicyclic) bond motifs is 1. The number of aromatic nitrogens is 1. The summed E-state index contributed by atoms with van der Waals surface area (Å²) in [4.78, 5) is 14.3. The van der Waals surface area contributed by atoms with Crippen molar-refractivity contribution in [1.82, 2.24) is 9.72 Å². The normalized spacial score (nSPS) is 10.8. The zero-order chi connectivity index (χ0) is 16.9. The number of para-hydroxylation sites is 1. The lowest BCUT2D eigenvalue weighted by molar-refractivity contribution is 0.0936. The maximum Gasteiger partial charge on any atom is 0.252 e. The summed E-state index contributed by atoms with van der Waals surface area (Å²) in [7, 11) is 3.63. The van der Waals surface area contributed by atoms with Gasteiger partial charge in [-0.3, -0.25) is 4.79 Å². The predicted molar refractivity (Wildman–Crippen MR) is 96.1 cm³/mol. The quantitative estimate of drug-likeness (QED) is 0.709. The molecule has 0 bridgehead atoms. The molecule has 0 radical (unpaired) electrons. The molecule has 0 atom stereocenters. The Morgan fingerprint density at radius 1 is 1.12 bits per heavy atom. The van der Waals surface area contributed by atoms with Gasteiger partial charge in [-0.2, -0.15) is 0 Å². The van der Waals surface area contributed by atoms with Crippen LogP contribution in [0.25, 0.3) is 5.52 Å². The molecule has 0 unspecified atom stereocenters. The van der Waals surface area contributed by atoms with Gasteiger partial charge in [0.2, 0.25) is 0 Å². The fourth-order valence-corrected chi connectivity index (χ4v) is 2.65. The number of hydrogen-bond acceptors (Lipinski definition) is 3. The molecule has 2 heterocycles. The number of hydrogen-bond donors (Lipinski definition) is 1. The van der Waals surface area contributed by atoms with Gasteiger partial charge >= 0.3 is 0 Å². The van der Waals surface area contributed by atoms with Crippen molar-refractivity contribution >= 4 is 22.9 Å². The molecule has 0 aliphatic heterocycles. The Morgan fingerprint density at radius 3 is 2.62 bits per heavy atom. The third-order valence-electron chi connectivity index (χ3n) is 3.97. The van der Waals surface area contributed by atoms with Crippen LogP contribution in [0.5, 0.6) is 0 Å². The van der Waals surface area contributed by atoms with Crippen molar-refractivity contribution in [2.45, 2.75) is 0 Å². The standard InChI is InChI=1S/C19H21N3O2/c1-21(16-6-4-3-5-7-16)18-11-10-17-9-8-15(14-22(17)18)19(23)20-12-13-24-2/h3-11,14H,12-13H2,1-2H3,(H,20,23). The van der Waals surface area contributed by atoms with E-state index in [1.165, 1.54) is 0 Å². The van der Waals surface area contributed by atoms with Crippen LogP contribution in [0.15, 0.2) is 60.8 Å². The molecule has 1 amide bonds. The van der Waals surface area contributed by atoms with Crippen molar-refractivity contribution in [2.24, 2.45) is 0 Å². The zero-order valence-electron chi connectivity index (χ0n) is 13.9. The maximum atomic E-state index is 12.2.